The van der Waals surface area contributed by atoms with E-state index in [0.29, 0.717) is 5.92 Å². The van der Waals surface area contributed by atoms with Gasteiger partial charge in [0.25, 0.3) is 0 Å². The van der Waals surface area contributed by atoms with Crippen molar-refractivity contribution in [3.05, 3.63) is 60.0 Å². The predicted molar refractivity (Wildman–Crippen MR) is 81.2 cm³/mol. The van der Waals surface area contributed by atoms with Crippen LogP contribution >= 0.6 is 0 Å². The van der Waals surface area contributed by atoms with Crippen molar-refractivity contribution in [3.8, 4) is 0 Å². The Morgan fingerprint density at radius 2 is 2.05 bits per heavy atom. The Bertz CT molecular complexity index is 745. The van der Waals surface area contributed by atoms with Crippen LogP contribution in [0, 0.1) is 0 Å². The molecule has 4 rings (SSSR count). The van der Waals surface area contributed by atoms with Crippen LogP contribution in [0.25, 0.3) is 11.2 Å². The van der Waals surface area contributed by atoms with E-state index in [1.54, 1.807) is 0 Å². The van der Waals surface area contributed by atoms with Gasteiger partial charge in [0.05, 0.1) is 13.2 Å². The van der Waals surface area contributed by atoms with E-state index in [0.717, 1.165) is 43.2 Å². The van der Waals surface area contributed by atoms with Crippen molar-refractivity contribution in [2.45, 2.75) is 18.9 Å². The average molecular weight is 279 g/mol. The summed E-state index contributed by atoms with van der Waals surface area (Å²) in [5.41, 5.74) is 3.20. The molecule has 0 bridgehead atoms. The first kappa shape index (κ1) is 12.5. The lowest BCUT2D eigenvalue weighted by atomic mass is 10.1. The van der Waals surface area contributed by atoms with E-state index in [1.165, 1.54) is 5.56 Å². The zero-order valence-electron chi connectivity index (χ0n) is 11.8. The number of pyridine rings is 1. The molecule has 1 unspecified atom stereocenters. The molecule has 0 radical (unpaired) electrons. The Morgan fingerprint density at radius 3 is 2.86 bits per heavy atom. The molecule has 1 aliphatic heterocycles. The molecule has 106 valence electrons. The molecule has 0 aliphatic carbocycles. The maximum atomic E-state index is 5.54. The molecule has 3 aromatic rings. The molecule has 1 atom stereocenters. The van der Waals surface area contributed by atoms with Crippen LogP contribution in [-0.2, 0) is 11.3 Å². The molecule has 1 saturated heterocycles. The molecule has 2 aromatic heterocycles. The van der Waals surface area contributed by atoms with Crippen LogP contribution in [0.4, 0.5) is 0 Å². The molecule has 4 heteroatoms. The van der Waals surface area contributed by atoms with E-state index < -0.39 is 0 Å². The van der Waals surface area contributed by atoms with E-state index in [1.807, 2.05) is 24.4 Å². The number of fused-ring (bicyclic) bond motifs is 1. The van der Waals surface area contributed by atoms with Gasteiger partial charge in [0.2, 0.25) is 0 Å². The summed E-state index contributed by atoms with van der Waals surface area (Å²) >= 11 is 0. The third-order valence-electron chi connectivity index (χ3n) is 4.01. The predicted octanol–water partition coefficient (Wildman–Crippen LogP) is 2.98. The van der Waals surface area contributed by atoms with E-state index in [9.17, 15) is 0 Å². The van der Waals surface area contributed by atoms with Crippen molar-refractivity contribution in [1.82, 2.24) is 14.5 Å². The van der Waals surface area contributed by atoms with Crippen LogP contribution in [0.3, 0.4) is 0 Å². The molecule has 1 fully saturated rings. The lowest BCUT2D eigenvalue weighted by molar-refractivity contribution is 0.193. The van der Waals surface area contributed by atoms with E-state index >= 15 is 0 Å². The van der Waals surface area contributed by atoms with Crippen LogP contribution in [0.15, 0.2) is 48.7 Å². The third kappa shape index (κ3) is 2.32. The lowest BCUT2D eigenvalue weighted by Gasteiger charge is -2.12. The lowest BCUT2D eigenvalue weighted by Crippen LogP contribution is -2.10. The Hall–Kier alpha value is -2.20. The van der Waals surface area contributed by atoms with Crippen molar-refractivity contribution in [3.63, 3.8) is 0 Å². The maximum Gasteiger partial charge on any atom is 0.160 e. The SMILES string of the molecule is c1ccc(Cn2c(C3CCOC3)nc3cccnc32)cc1. The summed E-state index contributed by atoms with van der Waals surface area (Å²) in [4.78, 5) is 9.34. The third-order valence-corrected chi connectivity index (χ3v) is 4.01. The van der Waals surface area contributed by atoms with E-state index in [-0.39, 0.29) is 0 Å². The van der Waals surface area contributed by atoms with Crippen LogP contribution in [0.2, 0.25) is 0 Å². The van der Waals surface area contributed by atoms with Crippen LogP contribution < -0.4 is 0 Å². The molecule has 21 heavy (non-hydrogen) atoms. The number of aromatic nitrogens is 3. The van der Waals surface area contributed by atoms with Crippen molar-refractivity contribution in [2.75, 3.05) is 13.2 Å². The Balaban J connectivity index is 1.82. The Kier molecular flexibility index (Phi) is 3.16. The average Bonchev–Trinajstić information content (AvgIpc) is 3.16. The summed E-state index contributed by atoms with van der Waals surface area (Å²) in [7, 11) is 0. The van der Waals surface area contributed by atoms with Crippen LogP contribution in [0.5, 0.6) is 0 Å². The van der Waals surface area contributed by atoms with Crippen molar-refractivity contribution in [2.24, 2.45) is 0 Å². The van der Waals surface area contributed by atoms with Gasteiger partial charge in [-0.05, 0) is 24.1 Å². The molecule has 0 spiro atoms. The molecule has 0 N–H and O–H groups in total. The van der Waals surface area contributed by atoms with Gasteiger partial charge in [-0.2, -0.15) is 0 Å². The first-order valence-electron chi connectivity index (χ1n) is 7.34. The van der Waals surface area contributed by atoms with Gasteiger partial charge in [-0.3, -0.25) is 0 Å². The van der Waals surface area contributed by atoms with E-state index in [2.05, 4.69) is 33.8 Å². The van der Waals surface area contributed by atoms with E-state index in [4.69, 9.17) is 9.72 Å². The second-order valence-corrected chi connectivity index (χ2v) is 5.45. The fourth-order valence-electron chi connectivity index (χ4n) is 2.95. The number of imidazole rings is 1. The number of ether oxygens (including phenoxy) is 1. The summed E-state index contributed by atoms with van der Waals surface area (Å²) in [5, 5.41) is 0. The molecule has 0 amide bonds. The minimum absolute atomic E-state index is 0.378. The smallest absolute Gasteiger partial charge is 0.160 e. The first-order chi connectivity index (χ1) is 10.4. The first-order valence-corrected chi connectivity index (χ1v) is 7.34. The topological polar surface area (TPSA) is 39.9 Å². The summed E-state index contributed by atoms with van der Waals surface area (Å²) in [5.74, 6) is 1.48. The monoisotopic (exact) mass is 279 g/mol. The standard InChI is InChI=1S/C17H17N3O/c1-2-5-13(6-3-1)11-20-16(14-8-10-21-12-14)19-15-7-4-9-18-17(15)20/h1-7,9,14H,8,10-12H2. The number of nitrogens with zero attached hydrogens (tertiary/aromatic N) is 3. The highest BCUT2D eigenvalue weighted by Crippen LogP contribution is 2.28. The van der Waals surface area contributed by atoms with Crippen LogP contribution in [0.1, 0.15) is 23.7 Å². The van der Waals surface area contributed by atoms with Gasteiger partial charge >= 0.3 is 0 Å². The summed E-state index contributed by atoms with van der Waals surface area (Å²) in [6.07, 6.45) is 2.87. The highest BCUT2D eigenvalue weighted by Gasteiger charge is 2.24. The largest absolute Gasteiger partial charge is 0.381 e. The van der Waals surface area contributed by atoms with Gasteiger partial charge in [-0.15, -0.1) is 0 Å². The fourth-order valence-corrected chi connectivity index (χ4v) is 2.95. The second-order valence-electron chi connectivity index (χ2n) is 5.45. The highest BCUT2D eigenvalue weighted by atomic mass is 16.5. The Labute approximate surface area is 123 Å². The molecular formula is C17H17N3O. The summed E-state index contributed by atoms with van der Waals surface area (Å²) < 4.78 is 7.78. The normalized spacial score (nSPS) is 18.4. The van der Waals surface area contributed by atoms with Gasteiger partial charge in [-0.1, -0.05) is 30.3 Å². The van der Waals surface area contributed by atoms with Gasteiger partial charge in [0.15, 0.2) is 5.65 Å². The molecule has 0 saturated carbocycles. The second kappa shape index (κ2) is 5.30. The van der Waals surface area contributed by atoms with Gasteiger partial charge in [-0.25, -0.2) is 9.97 Å². The number of hydrogen-bond acceptors (Lipinski definition) is 3. The maximum absolute atomic E-state index is 5.54. The van der Waals surface area contributed by atoms with Crippen LogP contribution in [-0.4, -0.2) is 27.7 Å². The zero-order chi connectivity index (χ0) is 14.1. The van der Waals surface area contributed by atoms with Gasteiger partial charge in [0, 0.05) is 18.7 Å². The number of benzene rings is 1. The highest BCUT2D eigenvalue weighted by molar-refractivity contribution is 5.71. The zero-order valence-corrected chi connectivity index (χ0v) is 11.8. The minimum Gasteiger partial charge on any atom is -0.381 e. The van der Waals surface area contributed by atoms with Gasteiger partial charge < -0.3 is 9.30 Å². The molecular weight excluding hydrogens is 262 g/mol. The quantitative estimate of drug-likeness (QED) is 0.740. The van der Waals surface area contributed by atoms with Gasteiger partial charge in [0.1, 0.15) is 11.3 Å². The van der Waals surface area contributed by atoms with Crippen molar-refractivity contribution >= 4 is 11.2 Å². The molecule has 1 aliphatic rings. The van der Waals surface area contributed by atoms with Crippen molar-refractivity contribution < 1.29 is 4.74 Å². The number of rotatable bonds is 3. The number of hydrogen-bond donors (Lipinski definition) is 0. The molecule has 4 nitrogen and oxygen atoms in total. The summed E-state index contributed by atoms with van der Waals surface area (Å²) in [6, 6.07) is 14.4. The fraction of sp³-hybridized carbons (Fsp3) is 0.294. The minimum atomic E-state index is 0.378. The van der Waals surface area contributed by atoms with Crippen molar-refractivity contribution in [1.29, 1.82) is 0 Å². The molecule has 3 heterocycles. The summed E-state index contributed by atoms with van der Waals surface area (Å²) in [6.45, 7) is 2.39. The molecule has 1 aromatic carbocycles. The Morgan fingerprint density at radius 1 is 1.14 bits per heavy atom.